The number of benzene rings is 1. The molecule has 0 aliphatic rings. The van der Waals surface area contributed by atoms with Crippen molar-refractivity contribution in [2.24, 2.45) is 22.6 Å². The fraction of sp³-hybridized carbons (Fsp3) is 0.625. The first kappa shape index (κ1) is 31.0. The van der Waals surface area contributed by atoms with Gasteiger partial charge < -0.3 is 21.1 Å². The quantitative estimate of drug-likeness (QED) is 0.0500. The van der Waals surface area contributed by atoms with Crippen molar-refractivity contribution in [3.8, 4) is 0 Å². The van der Waals surface area contributed by atoms with Crippen molar-refractivity contribution < 1.29 is 24.7 Å². The highest BCUT2D eigenvalue weighted by molar-refractivity contribution is 6.43. The number of aryl methyl sites for hydroxylation is 1. The van der Waals surface area contributed by atoms with Gasteiger partial charge in [0.15, 0.2) is 5.03 Å². The second-order valence-corrected chi connectivity index (χ2v) is 9.42. The first-order valence-electron chi connectivity index (χ1n) is 12.5. The van der Waals surface area contributed by atoms with Crippen LogP contribution in [-0.4, -0.2) is 52.3 Å². The Balaban J connectivity index is 2.62. The number of hydrogen-bond donors (Lipinski definition) is 5. The van der Waals surface area contributed by atoms with Crippen molar-refractivity contribution >= 4 is 24.8 Å². The van der Waals surface area contributed by atoms with Crippen LogP contribution in [0.1, 0.15) is 70.8 Å². The van der Waals surface area contributed by atoms with E-state index in [-0.39, 0.29) is 30.6 Å². The Morgan fingerprint density at radius 3 is 2.44 bits per heavy atom. The van der Waals surface area contributed by atoms with Crippen LogP contribution < -0.4 is 16.5 Å². The summed E-state index contributed by atoms with van der Waals surface area (Å²) in [7, 11) is -1.71. The van der Waals surface area contributed by atoms with Crippen LogP contribution in [0.2, 0.25) is 0 Å². The molecule has 6 N–H and O–H groups in total. The Kier molecular flexibility index (Phi) is 15.0. The van der Waals surface area contributed by atoms with Crippen molar-refractivity contribution in [3.63, 3.8) is 0 Å². The highest BCUT2D eigenvalue weighted by atomic mass is 16.7. The van der Waals surface area contributed by atoms with Crippen LogP contribution in [0.5, 0.6) is 0 Å². The fourth-order valence-electron chi connectivity index (χ4n) is 3.91. The van der Waals surface area contributed by atoms with E-state index in [0.29, 0.717) is 25.7 Å². The number of rotatable bonds is 18. The standard InChI is InChI=1S/C24H40BN5O6/c1-18(2)16-22(25(33)34)28-23(32)20(13-9-15-27-24(26)29-30(35)36)17-21(31)14-8-4-7-12-19-10-5-3-6-11-19/h3,5-6,10-11,18,20,22,33-34H,4,7-9,12-17H2,1-2H3,(H,28,32)(H3,26,27,29)/t20-,22+/m1/s1. The first-order chi connectivity index (χ1) is 17.1. The molecule has 0 aliphatic carbocycles. The number of nitrogens with one attached hydrogen (secondary N) is 2. The number of guanidine groups is 1. The molecule has 200 valence electrons. The molecule has 0 aliphatic heterocycles. The summed E-state index contributed by atoms with van der Waals surface area (Å²) in [6, 6.07) is 10.1. The van der Waals surface area contributed by atoms with Crippen molar-refractivity contribution in [2.75, 3.05) is 6.54 Å². The number of ketones is 1. The summed E-state index contributed by atoms with van der Waals surface area (Å²) in [4.78, 5) is 39.8. The van der Waals surface area contributed by atoms with Crippen LogP contribution in [0.3, 0.4) is 0 Å². The molecule has 0 bridgehead atoms. The van der Waals surface area contributed by atoms with Crippen molar-refractivity contribution in [2.45, 2.75) is 77.6 Å². The van der Waals surface area contributed by atoms with E-state index < -0.39 is 29.9 Å². The molecule has 1 aromatic carbocycles. The fourth-order valence-corrected chi connectivity index (χ4v) is 3.91. The molecule has 0 fully saturated rings. The van der Waals surface area contributed by atoms with Crippen LogP contribution in [0, 0.1) is 22.0 Å². The zero-order valence-corrected chi connectivity index (χ0v) is 21.3. The number of hydrazine groups is 1. The summed E-state index contributed by atoms with van der Waals surface area (Å²) in [5.41, 5.74) is 8.41. The lowest BCUT2D eigenvalue weighted by molar-refractivity contribution is -0.525. The monoisotopic (exact) mass is 505 g/mol. The molecule has 12 heteroatoms. The number of carbonyl (C=O) groups is 2. The van der Waals surface area contributed by atoms with E-state index in [9.17, 15) is 29.8 Å². The summed E-state index contributed by atoms with van der Waals surface area (Å²) >= 11 is 0. The molecule has 1 rings (SSSR count). The van der Waals surface area contributed by atoms with Gasteiger partial charge in [-0.25, -0.2) is 15.1 Å². The molecule has 0 unspecified atom stereocenters. The van der Waals surface area contributed by atoms with Gasteiger partial charge in [0.25, 0.3) is 5.96 Å². The maximum Gasteiger partial charge on any atom is 0.475 e. The second-order valence-electron chi connectivity index (χ2n) is 9.42. The van der Waals surface area contributed by atoms with E-state index in [0.717, 1.165) is 25.7 Å². The zero-order valence-electron chi connectivity index (χ0n) is 21.3. The summed E-state index contributed by atoms with van der Waals surface area (Å²) in [6.07, 6.45) is 5.02. The van der Waals surface area contributed by atoms with Gasteiger partial charge in [-0.2, -0.15) is 0 Å². The Morgan fingerprint density at radius 1 is 1.14 bits per heavy atom. The number of nitro groups is 1. The normalized spacial score (nSPS) is 13.2. The number of unbranched alkanes of at least 4 members (excludes halogenated alkanes) is 2. The minimum absolute atomic E-state index is 0.0298. The molecular weight excluding hydrogens is 465 g/mol. The molecule has 1 aromatic rings. The van der Waals surface area contributed by atoms with Gasteiger partial charge in [-0.15, -0.1) is 0 Å². The smallest absolute Gasteiger partial charge is 0.426 e. The van der Waals surface area contributed by atoms with Crippen LogP contribution in [0.4, 0.5) is 0 Å². The highest BCUT2D eigenvalue weighted by Gasteiger charge is 2.29. The van der Waals surface area contributed by atoms with Crippen LogP contribution in [0.15, 0.2) is 35.3 Å². The molecule has 2 atom stereocenters. The lowest BCUT2D eigenvalue weighted by atomic mass is 9.74. The number of carbonyl (C=O) groups excluding carboxylic acids is 2. The predicted molar refractivity (Wildman–Crippen MR) is 139 cm³/mol. The van der Waals surface area contributed by atoms with E-state index in [1.807, 2.05) is 32.0 Å². The van der Waals surface area contributed by atoms with Gasteiger partial charge in [0.05, 0.1) is 5.94 Å². The Bertz CT molecular complexity index is 838. The Hall–Kier alpha value is -2.99. The Labute approximate surface area is 213 Å². The molecular formula is C24H40BN5O6. The van der Waals surface area contributed by atoms with Gasteiger partial charge in [0.1, 0.15) is 5.78 Å². The number of nitrogens with two attached hydrogens (primary N) is 1. The lowest BCUT2D eigenvalue weighted by Gasteiger charge is -2.23. The van der Waals surface area contributed by atoms with Gasteiger partial charge in [-0.05, 0) is 50.0 Å². The van der Waals surface area contributed by atoms with E-state index in [1.54, 1.807) is 5.43 Å². The number of aliphatic imine (C=N–C) groups is 1. The highest BCUT2D eigenvalue weighted by Crippen LogP contribution is 2.17. The third kappa shape index (κ3) is 14.4. The van der Waals surface area contributed by atoms with Crippen LogP contribution in [0.25, 0.3) is 0 Å². The Morgan fingerprint density at radius 2 is 1.83 bits per heavy atom. The minimum atomic E-state index is -1.71. The van der Waals surface area contributed by atoms with Gasteiger partial charge in [0.2, 0.25) is 5.91 Å². The molecule has 0 spiro atoms. The summed E-state index contributed by atoms with van der Waals surface area (Å²) in [6.45, 7) is 3.95. The lowest BCUT2D eigenvalue weighted by Crippen LogP contribution is -2.49. The summed E-state index contributed by atoms with van der Waals surface area (Å²) in [5, 5.41) is 31.6. The number of Topliss-reactive ketones (excluding diaryl/α,β-unsaturated/α-hetero) is 1. The van der Waals surface area contributed by atoms with Crippen molar-refractivity contribution in [1.82, 2.24) is 10.7 Å². The van der Waals surface area contributed by atoms with Gasteiger partial charge in [-0.3, -0.25) is 9.59 Å². The topological polar surface area (TPSA) is 180 Å². The molecule has 0 saturated carbocycles. The molecule has 1 amide bonds. The van der Waals surface area contributed by atoms with Crippen molar-refractivity contribution in [1.29, 1.82) is 0 Å². The zero-order chi connectivity index (χ0) is 26.9. The maximum atomic E-state index is 12.9. The molecule has 0 aromatic heterocycles. The molecule has 0 heterocycles. The third-order valence-corrected chi connectivity index (χ3v) is 5.72. The van der Waals surface area contributed by atoms with Crippen LogP contribution >= 0.6 is 0 Å². The molecule has 11 nitrogen and oxygen atoms in total. The average Bonchev–Trinajstić information content (AvgIpc) is 2.80. The maximum absolute atomic E-state index is 12.9. The SMILES string of the molecule is CC(C)C[C@H](NC(=O)[C@H](CCCN=C(N)N[N+](=O)[O-])CC(=O)CCCCCc1ccccc1)B(O)O. The molecule has 0 saturated heterocycles. The minimum Gasteiger partial charge on any atom is -0.426 e. The van der Waals surface area contributed by atoms with E-state index in [2.05, 4.69) is 22.4 Å². The second kappa shape index (κ2) is 17.4. The summed E-state index contributed by atoms with van der Waals surface area (Å²) in [5.74, 6) is -2.18. The molecule has 0 radical (unpaired) electrons. The first-order valence-corrected chi connectivity index (χ1v) is 12.5. The van der Waals surface area contributed by atoms with Gasteiger partial charge in [0, 0.05) is 25.3 Å². The van der Waals surface area contributed by atoms with E-state index >= 15 is 0 Å². The molecule has 36 heavy (non-hydrogen) atoms. The number of nitrogens with zero attached hydrogens (tertiary/aromatic N) is 2. The largest absolute Gasteiger partial charge is 0.475 e. The average molecular weight is 505 g/mol. The van der Waals surface area contributed by atoms with Gasteiger partial charge in [-0.1, -0.05) is 56.0 Å². The summed E-state index contributed by atoms with van der Waals surface area (Å²) < 4.78 is 0. The van der Waals surface area contributed by atoms with E-state index in [4.69, 9.17) is 5.73 Å². The predicted octanol–water partition coefficient (Wildman–Crippen LogP) is 1.78. The van der Waals surface area contributed by atoms with E-state index in [1.165, 1.54) is 5.56 Å². The van der Waals surface area contributed by atoms with Crippen molar-refractivity contribution in [3.05, 3.63) is 46.0 Å². The van der Waals surface area contributed by atoms with Crippen LogP contribution in [-0.2, 0) is 16.0 Å². The van der Waals surface area contributed by atoms with Gasteiger partial charge >= 0.3 is 7.12 Å². The third-order valence-electron chi connectivity index (χ3n) is 5.72. The number of hydrogen-bond acceptors (Lipinski definition) is 7. The number of amides is 1.